The number of fused-ring (bicyclic) bond motifs is 2. The molecule has 0 spiro atoms. The van der Waals surface area contributed by atoms with Gasteiger partial charge in [0.15, 0.2) is 6.61 Å². The summed E-state index contributed by atoms with van der Waals surface area (Å²) in [5.74, 6) is -0.754. The Hall–Kier alpha value is -3.53. The van der Waals surface area contributed by atoms with E-state index in [1.807, 2.05) is 17.5 Å². The second-order valence-electron chi connectivity index (χ2n) is 7.77. The number of imide groups is 1. The van der Waals surface area contributed by atoms with E-state index in [1.54, 1.807) is 10.6 Å². The van der Waals surface area contributed by atoms with E-state index < -0.39 is 24.5 Å². The summed E-state index contributed by atoms with van der Waals surface area (Å²) in [6.07, 6.45) is 4.83. The van der Waals surface area contributed by atoms with Crippen LogP contribution in [-0.2, 0) is 29.0 Å². The van der Waals surface area contributed by atoms with Gasteiger partial charge in [0.1, 0.15) is 5.82 Å². The zero-order chi connectivity index (χ0) is 23.2. The topological polar surface area (TPSA) is 119 Å². The van der Waals surface area contributed by atoms with Gasteiger partial charge >= 0.3 is 12.0 Å². The smallest absolute Gasteiger partial charge is 0.338 e. The SMILES string of the molecule is O=C(COC(=O)c1ccc2c(=O)n3c(nc2c1)CCCCCC3)NC(=O)NCc1cccs1. The molecule has 2 aromatic heterocycles. The van der Waals surface area contributed by atoms with Crippen molar-refractivity contribution in [2.45, 2.75) is 45.2 Å². The summed E-state index contributed by atoms with van der Waals surface area (Å²) >= 11 is 1.48. The number of ether oxygens (including phenoxy) is 1. The van der Waals surface area contributed by atoms with Gasteiger partial charge in [0.25, 0.3) is 11.5 Å². The molecule has 10 heteroatoms. The van der Waals surface area contributed by atoms with Gasteiger partial charge in [-0.3, -0.25) is 19.5 Å². The summed E-state index contributed by atoms with van der Waals surface area (Å²) in [4.78, 5) is 54.6. The number of hydrogen-bond acceptors (Lipinski definition) is 7. The molecule has 3 aromatic rings. The van der Waals surface area contributed by atoms with E-state index in [-0.39, 0.29) is 11.1 Å². The first-order valence-corrected chi connectivity index (χ1v) is 11.7. The monoisotopic (exact) mass is 468 g/mol. The number of esters is 1. The van der Waals surface area contributed by atoms with E-state index in [9.17, 15) is 19.2 Å². The van der Waals surface area contributed by atoms with Crippen molar-refractivity contribution in [2.75, 3.05) is 6.61 Å². The number of thiophene rings is 1. The first kappa shape index (κ1) is 22.7. The lowest BCUT2D eigenvalue weighted by Gasteiger charge is -2.16. The molecule has 3 amide bonds. The number of amides is 3. The first-order chi connectivity index (χ1) is 16.0. The molecule has 0 bridgehead atoms. The highest BCUT2D eigenvalue weighted by atomic mass is 32.1. The van der Waals surface area contributed by atoms with Crippen LogP contribution in [0.25, 0.3) is 10.9 Å². The van der Waals surface area contributed by atoms with Crippen LogP contribution in [0.2, 0.25) is 0 Å². The van der Waals surface area contributed by atoms with Crippen molar-refractivity contribution >= 4 is 40.1 Å². The summed E-state index contributed by atoms with van der Waals surface area (Å²) in [6.45, 7) is 0.338. The zero-order valence-corrected chi connectivity index (χ0v) is 18.8. The van der Waals surface area contributed by atoms with Crippen LogP contribution < -0.4 is 16.2 Å². The predicted octanol–water partition coefficient (Wildman–Crippen LogP) is 2.76. The molecule has 4 rings (SSSR count). The maximum absolute atomic E-state index is 12.9. The average molecular weight is 469 g/mol. The van der Waals surface area contributed by atoms with E-state index in [4.69, 9.17) is 4.74 Å². The van der Waals surface area contributed by atoms with Crippen LogP contribution >= 0.6 is 11.3 Å². The third-order valence-electron chi connectivity index (χ3n) is 5.39. The van der Waals surface area contributed by atoms with Gasteiger partial charge in [-0.25, -0.2) is 14.6 Å². The number of rotatable bonds is 5. The highest BCUT2D eigenvalue weighted by Gasteiger charge is 2.17. The second-order valence-corrected chi connectivity index (χ2v) is 8.80. The molecule has 0 aliphatic carbocycles. The number of urea groups is 1. The fraction of sp³-hybridized carbons (Fsp3) is 0.348. The number of hydrogen-bond donors (Lipinski definition) is 2. The Morgan fingerprint density at radius 1 is 1.12 bits per heavy atom. The van der Waals surface area contributed by atoms with Crippen LogP contribution in [0.1, 0.15) is 46.7 Å². The van der Waals surface area contributed by atoms with Gasteiger partial charge in [-0.2, -0.15) is 0 Å². The van der Waals surface area contributed by atoms with Crippen molar-refractivity contribution in [1.29, 1.82) is 0 Å². The van der Waals surface area contributed by atoms with Crippen LogP contribution in [0.5, 0.6) is 0 Å². The maximum Gasteiger partial charge on any atom is 0.338 e. The summed E-state index contributed by atoms with van der Waals surface area (Å²) in [5, 5.41) is 6.99. The van der Waals surface area contributed by atoms with Gasteiger partial charge in [-0.15, -0.1) is 11.3 Å². The Balaban J connectivity index is 1.37. The fourth-order valence-electron chi connectivity index (χ4n) is 3.72. The molecule has 172 valence electrons. The Morgan fingerprint density at radius 3 is 2.79 bits per heavy atom. The minimum absolute atomic E-state index is 0.107. The lowest BCUT2D eigenvalue weighted by molar-refractivity contribution is -0.123. The van der Waals surface area contributed by atoms with Gasteiger partial charge < -0.3 is 10.1 Å². The average Bonchev–Trinajstić information content (AvgIpc) is 3.31. The number of nitrogens with one attached hydrogen (secondary N) is 2. The molecular weight excluding hydrogens is 444 g/mol. The third-order valence-corrected chi connectivity index (χ3v) is 6.27. The van der Waals surface area contributed by atoms with Crippen molar-refractivity contribution in [1.82, 2.24) is 20.2 Å². The maximum atomic E-state index is 12.9. The Kier molecular flexibility index (Phi) is 7.13. The Bertz CT molecular complexity index is 1240. The summed E-state index contributed by atoms with van der Waals surface area (Å²) in [7, 11) is 0. The van der Waals surface area contributed by atoms with Crippen LogP contribution in [0.4, 0.5) is 4.79 Å². The molecule has 1 aliphatic rings. The quantitative estimate of drug-likeness (QED) is 0.556. The van der Waals surface area contributed by atoms with Crippen LogP contribution in [0.15, 0.2) is 40.5 Å². The second kappa shape index (κ2) is 10.4. The highest BCUT2D eigenvalue weighted by molar-refractivity contribution is 7.09. The van der Waals surface area contributed by atoms with Crippen LogP contribution in [0, 0.1) is 0 Å². The van der Waals surface area contributed by atoms with E-state index in [1.165, 1.54) is 23.5 Å². The van der Waals surface area contributed by atoms with Gasteiger partial charge in [-0.1, -0.05) is 18.9 Å². The van der Waals surface area contributed by atoms with Crippen LogP contribution in [-0.4, -0.2) is 34.1 Å². The van der Waals surface area contributed by atoms with Crippen molar-refractivity contribution in [2.24, 2.45) is 0 Å². The minimum Gasteiger partial charge on any atom is -0.452 e. The molecule has 0 fully saturated rings. The molecular formula is C23H24N4O5S. The largest absolute Gasteiger partial charge is 0.452 e. The van der Waals surface area contributed by atoms with Crippen molar-refractivity contribution in [3.05, 3.63) is 62.3 Å². The van der Waals surface area contributed by atoms with Gasteiger partial charge in [-0.05, 0) is 42.5 Å². The first-order valence-electron chi connectivity index (χ1n) is 10.8. The van der Waals surface area contributed by atoms with E-state index in [0.717, 1.165) is 36.4 Å². The lowest BCUT2D eigenvalue weighted by Crippen LogP contribution is -2.41. The molecule has 3 heterocycles. The predicted molar refractivity (Wildman–Crippen MR) is 123 cm³/mol. The molecule has 1 aliphatic heterocycles. The zero-order valence-electron chi connectivity index (χ0n) is 18.0. The summed E-state index contributed by atoms with van der Waals surface area (Å²) in [5.41, 5.74) is 0.503. The van der Waals surface area contributed by atoms with E-state index in [2.05, 4.69) is 15.6 Å². The van der Waals surface area contributed by atoms with Crippen molar-refractivity contribution < 1.29 is 19.1 Å². The summed E-state index contributed by atoms with van der Waals surface area (Å²) in [6, 6.07) is 7.60. The number of nitrogens with zero attached hydrogens (tertiary/aromatic N) is 2. The Labute approximate surface area is 193 Å². The van der Waals surface area contributed by atoms with Gasteiger partial charge in [0.2, 0.25) is 0 Å². The van der Waals surface area contributed by atoms with E-state index in [0.29, 0.717) is 30.4 Å². The molecule has 0 atom stereocenters. The molecule has 33 heavy (non-hydrogen) atoms. The Morgan fingerprint density at radius 2 is 1.97 bits per heavy atom. The fourth-order valence-corrected chi connectivity index (χ4v) is 4.37. The number of carbonyl (C=O) groups is 3. The van der Waals surface area contributed by atoms with Crippen molar-refractivity contribution in [3.63, 3.8) is 0 Å². The number of carbonyl (C=O) groups excluding carboxylic acids is 3. The minimum atomic E-state index is -0.745. The number of aromatic nitrogens is 2. The summed E-state index contributed by atoms with van der Waals surface area (Å²) < 4.78 is 6.76. The van der Waals surface area contributed by atoms with Crippen LogP contribution in [0.3, 0.4) is 0 Å². The third kappa shape index (κ3) is 5.64. The molecule has 0 saturated heterocycles. The molecule has 0 saturated carbocycles. The number of benzene rings is 1. The molecule has 9 nitrogen and oxygen atoms in total. The molecule has 1 aromatic carbocycles. The number of aryl methyl sites for hydroxylation is 1. The van der Waals surface area contributed by atoms with Crippen molar-refractivity contribution in [3.8, 4) is 0 Å². The molecule has 0 radical (unpaired) electrons. The highest BCUT2D eigenvalue weighted by Crippen LogP contribution is 2.17. The lowest BCUT2D eigenvalue weighted by atomic mass is 10.1. The van der Waals surface area contributed by atoms with E-state index >= 15 is 0 Å². The normalized spacial score (nSPS) is 13.5. The molecule has 2 N–H and O–H groups in total. The molecule has 0 unspecified atom stereocenters. The van der Waals surface area contributed by atoms with Gasteiger partial charge in [0, 0.05) is 17.8 Å². The van der Waals surface area contributed by atoms with Gasteiger partial charge in [0.05, 0.1) is 23.0 Å². The standard InChI is InChI=1S/C23H24N4O5S/c28-20(26-23(31)24-13-16-6-5-11-33-16)14-32-22(30)15-8-9-17-18(12-15)25-19-7-3-1-2-4-10-27(19)21(17)29/h5-6,8-9,11-12H,1-4,7,10,13-14H2,(H2,24,26,28,31).